The summed E-state index contributed by atoms with van der Waals surface area (Å²) in [5, 5.41) is 0. The van der Waals surface area contributed by atoms with Crippen LogP contribution in [0.3, 0.4) is 0 Å². The predicted molar refractivity (Wildman–Crippen MR) is 114 cm³/mol. The van der Waals surface area contributed by atoms with Crippen molar-refractivity contribution in [3.8, 4) is 22.6 Å². The zero-order valence-corrected chi connectivity index (χ0v) is 16.8. The van der Waals surface area contributed by atoms with Gasteiger partial charge in [0.15, 0.2) is 0 Å². The Hall–Kier alpha value is -3.25. The maximum atomic E-state index is 12.7. The lowest BCUT2D eigenvalue weighted by atomic mass is 9.90. The molecule has 1 aliphatic rings. The van der Waals surface area contributed by atoms with Crippen LogP contribution < -0.4 is 14.2 Å². The van der Waals surface area contributed by atoms with Crippen LogP contribution in [-0.4, -0.2) is 15.5 Å². The summed E-state index contributed by atoms with van der Waals surface area (Å²) in [6, 6.07) is 19.4. The lowest BCUT2D eigenvalue weighted by Gasteiger charge is -2.29. The fourth-order valence-electron chi connectivity index (χ4n) is 3.52. The predicted octanol–water partition coefficient (Wildman–Crippen LogP) is 5.17. The summed E-state index contributed by atoms with van der Waals surface area (Å²) in [7, 11) is -2.06. The Morgan fingerprint density at radius 3 is 2.62 bits per heavy atom. The van der Waals surface area contributed by atoms with E-state index in [-0.39, 0.29) is 11.0 Å². The molecule has 0 bridgehead atoms. The van der Waals surface area contributed by atoms with E-state index >= 15 is 0 Å². The molecule has 0 saturated heterocycles. The fourth-order valence-corrected chi connectivity index (χ4v) is 4.59. The van der Waals surface area contributed by atoms with E-state index in [1.807, 2.05) is 30.3 Å². The summed E-state index contributed by atoms with van der Waals surface area (Å²) < 4.78 is 39.8. The van der Waals surface area contributed by atoms with Crippen LogP contribution >= 0.6 is 0 Å². The molecule has 3 aromatic rings. The topological polar surface area (TPSA) is 64.6 Å². The molecule has 4 rings (SSSR count). The molecule has 5 nitrogen and oxygen atoms in total. The first-order valence-corrected chi connectivity index (χ1v) is 10.7. The molecule has 0 aliphatic carbocycles. The maximum Gasteiger partial charge on any atom is 0.261 e. The van der Waals surface area contributed by atoms with E-state index < -0.39 is 10.0 Å². The van der Waals surface area contributed by atoms with Gasteiger partial charge in [0.25, 0.3) is 10.0 Å². The minimum atomic E-state index is -3.68. The van der Waals surface area contributed by atoms with E-state index in [4.69, 9.17) is 9.47 Å². The number of nitrogens with one attached hydrogen (secondary N) is 1. The molecule has 0 saturated carbocycles. The quantitative estimate of drug-likeness (QED) is 0.573. The molecular weight excluding hydrogens is 386 g/mol. The molecule has 1 atom stereocenters. The van der Waals surface area contributed by atoms with Crippen molar-refractivity contribution in [2.45, 2.75) is 17.4 Å². The monoisotopic (exact) mass is 407 g/mol. The highest BCUT2D eigenvalue weighted by molar-refractivity contribution is 7.92. The van der Waals surface area contributed by atoms with E-state index in [0.29, 0.717) is 17.9 Å². The highest BCUT2D eigenvalue weighted by Gasteiger charge is 2.28. The molecule has 1 aliphatic heterocycles. The van der Waals surface area contributed by atoms with Crippen LogP contribution in [-0.2, 0) is 10.0 Å². The largest absolute Gasteiger partial charge is 0.496 e. The van der Waals surface area contributed by atoms with Gasteiger partial charge in [-0.2, -0.15) is 0 Å². The van der Waals surface area contributed by atoms with Gasteiger partial charge in [0.1, 0.15) is 17.6 Å². The Morgan fingerprint density at radius 2 is 1.90 bits per heavy atom. The molecule has 0 aromatic heterocycles. The number of ether oxygens (including phenoxy) is 2. The van der Waals surface area contributed by atoms with E-state index in [2.05, 4.69) is 11.3 Å². The van der Waals surface area contributed by atoms with Crippen molar-refractivity contribution in [3.05, 3.63) is 84.9 Å². The van der Waals surface area contributed by atoms with Gasteiger partial charge >= 0.3 is 0 Å². The summed E-state index contributed by atoms with van der Waals surface area (Å²) in [6.07, 6.45) is 2.13. The van der Waals surface area contributed by atoms with Crippen LogP contribution in [0.1, 0.15) is 18.1 Å². The Labute approximate surface area is 170 Å². The van der Waals surface area contributed by atoms with Gasteiger partial charge in [0, 0.05) is 17.7 Å². The number of benzene rings is 3. The second-order valence-electron chi connectivity index (χ2n) is 6.68. The van der Waals surface area contributed by atoms with Gasteiger partial charge in [-0.1, -0.05) is 36.4 Å². The van der Waals surface area contributed by atoms with Crippen molar-refractivity contribution in [2.24, 2.45) is 0 Å². The number of hydrogen-bond donors (Lipinski definition) is 1. The van der Waals surface area contributed by atoms with Crippen LogP contribution in [0.2, 0.25) is 0 Å². The molecule has 1 N–H and O–H groups in total. The molecule has 0 fully saturated rings. The molecule has 3 aromatic carbocycles. The smallest absolute Gasteiger partial charge is 0.261 e. The van der Waals surface area contributed by atoms with Crippen molar-refractivity contribution in [1.29, 1.82) is 0 Å². The minimum Gasteiger partial charge on any atom is -0.496 e. The third-order valence-corrected chi connectivity index (χ3v) is 6.23. The Kier molecular flexibility index (Phi) is 5.03. The van der Waals surface area contributed by atoms with Crippen molar-refractivity contribution in [2.75, 3.05) is 11.8 Å². The number of anilines is 1. The number of hydrogen-bond acceptors (Lipinski definition) is 4. The van der Waals surface area contributed by atoms with E-state index in [1.165, 1.54) is 0 Å². The van der Waals surface area contributed by atoms with Gasteiger partial charge in [-0.15, -0.1) is 6.58 Å². The number of methoxy groups -OCH3 is 1. The molecule has 1 heterocycles. The van der Waals surface area contributed by atoms with Gasteiger partial charge in [0.2, 0.25) is 0 Å². The average Bonchev–Trinajstić information content (AvgIpc) is 2.74. The lowest BCUT2D eigenvalue weighted by Crippen LogP contribution is -2.16. The SMILES string of the molecule is C=CCC1Oc2cccc(OC)c2-c2ccc(NS(=O)(=O)c3ccccc3)cc21. The molecule has 148 valence electrons. The molecule has 0 amide bonds. The Morgan fingerprint density at radius 1 is 1.10 bits per heavy atom. The number of fused-ring (bicyclic) bond motifs is 3. The first-order chi connectivity index (χ1) is 14.0. The highest BCUT2D eigenvalue weighted by Crippen LogP contribution is 2.48. The van der Waals surface area contributed by atoms with E-state index in [0.717, 1.165) is 22.4 Å². The van der Waals surface area contributed by atoms with Gasteiger partial charge in [-0.3, -0.25) is 4.72 Å². The standard InChI is InChI=1S/C23H21NO4S/c1-3-8-20-19-15-16(24-29(25,26)17-9-5-4-6-10-17)13-14-18(19)23-21(27-2)11-7-12-22(23)28-20/h3-7,9-15,20,24H,1,8H2,2H3. The highest BCUT2D eigenvalue weighted by atomic mass is 32.2. The second-order valence-corrected chi connectivity index (χ2v) is 8.37. The first-order valence-electron chi connectivity index (χ1n) is 9.20. The number of sulfonamides is 1. The number of rotatable bonds is 6. The fraction of sp³-hybridized carbons (Fsp3) is 0.130. The zero-order chi connectivity index (χ0) is 20.4. The van der Waals surface area contributed by atoms with Crippen LogP contribution in [0, 0.1) is 0 Å². The molecule has 1 unspecified atom stereocenters. The van der Waals surface area contributed by atoms with Crippen LogP contribution in [0.5, 0.6) is 11.5 Å². The van der Waals surface area contributed by atoms with E-state index in [1.54, 1.807) is 49.6 Å². The van der Waals surface area contributed by atoms with Gasteiger partial charge < -0.3 is 9.47 Å². The third kappa shape index (κ3) is 3.59. The van der Waals surface area contributed by atoms with Crippen molar-refractivity contribution in [3.63, 3.8) is 0 Å². The van der Waals surface area contributed by atoms with Gasteiger partial charge in [-0.25, -0.2) is 8.42 Å². The molecule has 0 spiro atoms. The molecular formula is C23H21NO4S. The summed E-state index contributed by atoms with van der Waals surface area (Å²) in [5.41, 5.74) is 3.18. The van der Waals surface area contributed by atoms with Crippen LogP contribution in [0.15, 0.2) is 84.3 Å². The van der Waals surface area contributed by atoms with Crippen molar-refractivity contribution < 1.29 is 17.9 Å². The summed E-state index contributed by atoms with van der Waals surface area (Å²) in [4.78, 5) is 0.212. The lowest BCUT2D eigenvalue weighted by molar-refractivity contribution is 0.205. The van der Waals surface area contributed by atoms with E-state index in [9.17, 15) is 8.42 Å². The summed E-state index contributed by atoms with van der Waals surface area (Å²) in [6.45, 7) is 3.82. The molecule has 6 heteroatoms. The molecule has 0 radical (unpaired) electrons. The minimum absolute atomic E-state index is 0.212. The van der Waals surface area contributed by atoms with Gasteiger partial charge in [0.05, 0.1) is 17.6 Å². The summed E-state index contributed by atoms with van der Waals surface area (Å²) in [5.74, 6) is 1.44. The van der Waals surface area contributed by atoms with Crippen molar-refractivity contribution in [1.82, 2.24) is 0 Å². The average molecular weight is 407 g/mol. The van der Waals surface area contributed by atoms with Crippen LogP contribution in [0.4, 0.5) is 5.69 Å². The Balaban J connectivity index is 1.78. The second kappa shape index (κ2) is 7.64. The van der Waals surface area contributed by atoms with Crippen molar-refractivity contribution >= 4 is 15.7 Å². The van der Waals surface area contributed by atoms with Crippen LogP contribution in [0.25, 0.3) is 11.1 Å². The maximum absolute atomic E-state index is 12.7. The van der Waals surface area contributed by atoms with Gasteiger partial charge in [-0.05, 0) is 42.0 Å². The zero-order valence-electron chi connectivity index (χ0n) is 16.0. The summed E-state index contributed by atoms with van der Waals surface area (Å²) >= 11 is 0. The first kappa shape index (κ1) is 19.1. The Bertz CT molecular complexity index is 1160. The normalized spacial score (nSPS) is 14.9. The molecule has 29 heavy (non-hydrogen) atoms. The third-order valence-electron chi connectivity index (χ3n) is 4.83.